The predicted octanol–water partition coefficient (Wildman–Crippen LogP) is -2.58. The summed E-state index contributed by atoms with van der Waals surface area (Å²) in [5.74, 6) is -0.0267. The Morgan fingerprint density at radius 2 is 1.76 bits per heavy atom. The molecule has 2 aliphatic heterocycles. The summed E-state index contributed by atoms with van der Waals surface area (Å²) in [5.41, 5.74) is 10.8. The van der Waals surface area contributed by atoms with Gasteiger partial charge in [-0.05, 0) is 6.07 Å². The number of nitrogen functional groups attached to an aromatic ring is 2. The van der Waals surface area contributed by atoms with E-state index in [9.17, 15) is 29.0 Å². The largest absolute Gasteiger partial charge is 0.472 e. The van der Waals surface area contributed by atoms with E-state index in [1.54, 1.807) is 0 Å². The highest BCUT2D eigenvalue weighted by molar-refractivity contribution is 7.47. The van der Waals surface area contributed by atoms with E-state index >= 15 is 0 Å². The van der Waals surface area contributed by atoms with Crippen molar-refractivity contribution in [2.75, 3.05) is 31.3 Å². The monoisotopic (exact) mass is 636 g/mol. The van der Waals surface area contributed by atoms with Crippen LogP contribution >= 0.6 is 15.6 Å². The van der Waals surface area contributed by atoms with Crippen molar-refractivity contribution in [2.45, 2.75) is 42.8 Å². The van der Waals surface area contributed by atoms with Crippen LogP contribution in [0.2, 0.25) is 0 Å². The summed E-state index contributed by atoms with van der Waals surface area (Å²) < 4.78 is 52.6. The fourth-order valence-corrected chi connectivity index (χ4v) is 5.85. The van der Waals surface area contributed by atoms with Gasteiger partial charge in [-0.3, -0.25) is 18.1 Å². The van der Waals surface area contributed by atoms with E-state index in [0.717, 1.165) is 4.57 Å². The van der Waals surface area contributed by atoms with Gasteiger partial charge in [0.2, 0.25) is 0 Å². The number of aliphatic hydroxyl groups is 2. The molecule has 5 rings (SSSR count). The molecule has 0 radical (unpaired) electrons. The SMILES string of the molecule is Nc1ccn([C@@H]2O[C@H](COP(=O)(O)O[C@H]3[C@H](n4cnc5c(N)ncnc54)CO[C@@H]3COP(=O)(O)O)[C@@H](O)[C@H]2O)c(=O)n1. The molecule has 23 heteroatoms. The van der Waals surface area contributed by atoms with Crippen LogP contribution in [0.15, 0.2) is 29.7 Å². The molecule has 42 heavy (non-hydrogen) atoms. The second-order valence-corrected chi connectivity index (χ2v) is 11.9. The highest BCUT2D eigenvalue weighted by Crippen LogP contribution is 2.50. The zero-order valence-corrected chi connectivity index (χ0v) is 23.0. The molecule has 2 saturated heterocycles. The second kappa shape index (κ2) is 11.6. The molecule has 3 aromatic heterocycles. The first-order valence-electron chi connectivity index (χ1n) is 12.0. The Morgan fingerprint density at radius 1 is 1.02 bits per heavy atom. The lowest BCUT2D eigenvalue weighted by Gasteiger charge is -2.26. The lowest BCUT2D eigenvalue weighted by Crippen LogP contribution is -2.36. The van der Waals surface area contributed by atoms with E-state index in [-0.39, 0.29) is 29.4 Å². The van der Waals surface area contributed by atoms with Gasteiger partial charge in [0.15, 0.2) is 17.7 Å². The Labute approximate surface area is 234 Å². The van der Waals surface area contributed by atoms with E-state index < -0.39 is 77.3 Å². The first kappa shape index (κ1) is 30.5. The minimum atomic E-state index is -5.05. The molecule has 0 aliphatic carbocycles. The third-order valence-electron chi connectivity index (χ3n) is 6.50. The van der Waals surface area contributed by atoms with Crippen molar-refractivity contribution in [1.82, 2.24) is 29.1 Å². The number of hydrogen-bond acceptors (Lipinski definition) is 16. The molecule has 2 aliphatic rings. The van der Waals surface area contributed by atoms with E-state index in [1.165, 1.54) is 29.5 Å². The van der Waals surface area contributed by atoms with Gasteiger partial charge in [-0.1, -0.05) is 0 Å². The first-order valence-corrected chi connectivity index (χ1v) is 15.0. The van der Waals surface area contributed by atoms with Crippen LogP contribution in [-0.2, 0) is 32.2 Å². The third-order valence-corrected chi connectivity index (χ3v) is 7.97. The molecule has 230 valence electrons. The standard InChI is InChI=1S/C19H26N8O13P2/c20-11-1-2-26(19(30)25-11)18-14(29)13(28)9(39-18)4-38-42(34,35)40-15-8(3-36-10(15)5-37-41(31,32)33)27-7-24-12-16(21)22-6-23-17(12)27/h1-2,6-10,13-15,18,28-29H,3-5H2,(H,34,35)(H2,20,25,30)(H2,21,22,23)(H2,31,32,33)/t8-,9-,10-,13-,14-,15+,18-/m1/s1. The molecule has 0 spiro atoms. The second-order valence-electron chi connectivity index (χ2n) is 9.23. The summed E-state index contributed by atoms with van der Waals surface area (Å²) in [6.07, 6.45) is -5.18. The first-order chi connectivity index (χ1) is 19.7. The van der Waals surface area contributed by atoms with Crippen molar-refractivity contribution in [3.63, 3.8) is 0 Å². The van der Waals surface area contributed by atoms with Gasteiger partial charge < -0.3 is 50.4 Å². The average molecular weight is 636 g/mol. The quantitative estimate of drug-likeness (QED) is 0.112. The Kier molecular flexibility index (Phi) is 8.47. The number of phosphoric ester groups is 2. The maximum atomic E-state index is 13.0. The molecule has 0 bridgehead atoms. The molecule has 1 unspecified atom stereocenters. The Morgan fingerprint density at radius 3 is 2.48 bits per heavy atom. The number of anilines is 2. The maximum Gasteiger partial charge on any atom is 0.472 e. The molecular weight excluding hydrogens is 610 g/mol. The van der Waals surface area contributed by atoms with Crippen LogP contribution in [0.25, 0.3) is 11.2 Å². The molecule has 8 atom stereocenters. The van der Waals surface area contributed by atoms with Crippen LogP contribution in [-0.4, -0.2) is 104 Å². The molecule has 9 N–H and O–H groups in total. The molecule has 2 fully saturated rings. The molecule has 0 aromatic carbocycles. The van der Waals surface area contributed by atoms with Crippen molar-refractivity contribution in [1.29, 1.82) is 0 Å². The Bertz CT molecular complexity index is 1600. The smallest absolute Gasteiger partial charge is 0.387 e. The number of ether oxygens (including phenoxy) is 2. The maximum absolute atomic E-state index is 13.0. The number of nitrogens with two attached hydrogens (primary N) is 2. The lowest BCUT2D eigenvalue weighted by molar-refractivity contribution is -0.0585. The predicted molar refractivity (Wildman–Crippen MR) is 136 cm³/mol. The van der Waals surface area contributed by atoms with E-state index in [2.05, 4.69) is 24.5 Å². The fourth-order valence-electron chi connectivity index (χ4n) is 4.53. The minimum absolute atomic E-state index is 0.0558. The number of phosphoric acid groups is 2. The zero-order valence-electron chi connectivity index (χ0n) is 21.2. The number of fused-ring (bicyclic) bond motifs is 1. The van der Waals surface area contributed by atoms with Gasteiger partial charge in [0, 0.05) is 6.20 Å². The number of hydrogen-bond donors (Lipinski definition) is 7. The molecule has 0 saturated carbocycles. The summed E-state index contributed by atoms with van der Waals surface area (Å²) in [6.45, 7) is -1.73. The van der Waals surface area contributed by atoms with Crippen LogP contribution in [0.1, 0.15) is 12.3 Å². The van der Waals surface area contributed by atoms with Crippen LogP contribution in [0.4, 0.5) is 11.6 Å². The number of aliphatic hydroxyl groups excluding tert-OH is 2. The van der Waals surface area contributed by atoms with E-state index in [0.29, 0.717) is 0 Å². The van der Waals surface area contributed by atoms with Crippen molar-refractivity contribution in [3.8, 4) is 0 Å². The van der Waals surface area contributed by atoms with E-state index in [4.69, 9.17) is 39.8 Å². The van der Waals surface area contributed by atoms with Gasteiger partial charge in [-0.15, -0.1) is 0 Å². The molecule has 3 aromatic rings. The van der Waals surface area contributed by atoms with Crippen molar-refractivity contribution in [2.24, 2.45) is 0 Å². The summed E-state index contributed by atoms with van der Waals surface area (Å²) >= 11 is 0. The van der Waals surface area contributed by atoms with Gasteiger partial charge in [0.1, 0.15) is 48.2 Å². The number of aromatic nitrogens is 6. The van der Waals surface area contributed by atoms with Crippen molar-refractivity contribution in [3.05, 3.63) is 35.4 Å². The average Bonchev–Trinajstić information content (AvgIpc) is 3.58. The third kappa shape index (κ3) is 6.37. The lowest BCUT2D eigenvalue weighted by atomic mass is 10.1. The van der Waals surface area contributed by atoms with Crippen LogP contribution in [0, 0.1) is 0 Å². The molecule has 5 heterocycles. The van der Waals surface area contributed by atoms with Gasteiger partial charge in [-0.25, -0.2) is 28.9 Å². The van der Waals surface area contributed by atoms with Crippen LogP contribution in [0.5, 0.6) is 0 Å². The normalized spacial score (nSPS) is 29.7. The summed E-state index contributed by atoms with van der Waals surface area (Å²) in [5, 5.41) is 20.8. The summed E-state index contributed by atoms with van der Waals surface area (Å²) in [4.78, 5) is 56.6. The molecule has 21 nitrogen and oxygen atoms in total. The van der Waals surface area contributed by atoms with Gasteiger partial charge in [-0.2, -0.15) is 4.98 Å². The van der Waals surface area contributed by atoms with Gasteiger partial charge in [0.25, 0.3) is 0 Å². The van der Waals surface area contributed by atoms with Crippen molar-refractivity contribution >= 4 is 38.4 Å². The highest BCUT2D eigenvalue weighted by Gasteiger charge is 2.48. The highest BCUT2D eigenvalue weighted by atomic mass is 31.2. The van der Waals surface area contributed by atoms with E-state index in [1.807, 2.05) is 0 Å². The summed E-state index contributed by atoms with van der Waals surface area (Å²) in [7, 11) is -10.0. The number of nitrogens with zero attached hydrogens (tertiary/aromatic N) is 6. The Balaban J connectivity index is 1.32. The molecule has 0 amide bonds. The van der Waals surface area contributed by atoms with Crippen LogP contribution in [0.3, 0.4) is 0 Å². The fraction of sp³-hybridized carbons (Fsp3) is 0.526. The zero-order chi connectivity index (χ0) is 30.4. The summed E-state index contributed by atoms with van der Waals surface area (Å²) in [6, 6.07) is 0.322. The van der Waals surface area contributed by atoms with Crippen LogP contribution < -0.4 is 17.2 Å². The molecular formula is C19H26N8O13P2. The Hall–Kier alpha value is -2.91. The van der Waals surface area contributed by atoms with Crippen molar-refractivity contribution < 1.29 is 57.1 Å². The topological polar surface area (TPSA) is 312 Å². The minimum Gasteiger partial charge on any atom is -0.387 e. The number of rotatable bonds is 10. The van der Waals surface area contributed by atoms with Gasteiger partial charge >= 0.3 is 21.3 Å². The number of imidazole rings is 1. The van der Waals surface area contributed by atoms with Gasteiger partial charge in [0.05, 0.1) is 32.2 Å².